The van der Waals surface area contributed by atoms with E-state index in [0.29, 0.717) is 10.9 Å². The van der Waals surface area contributed by atoms with Crippen molar-refractivity contribution in [2.24, 2.45) is 11.7 Å². The fourth-order valence-electron chi connectivity index (χ4n) is 2.01. The predicted molar refractivity (Wildman–Crippen MR) is 77.7 cm³/mol. The molecular formula is C13H16BrClN2O. The average Bonchev–Trinajstić information content (AvgIpc) is 3.07. The highest BCUT2D eigenvalue weighted by atomic mass is 79.9. The Bertz CT molecular complexity index is 476. The molecule has 1 aromatic carbocycles. The number of nitrogens with one attached hydrogen (secondary N) is 1. The molecule has 0 radical (unpaired) electrons. The Balaban J connectivity index is 2.16. The third-order valence-corrected chi connectivity index (χ3v) is 4.49. The SMILES string of the molecule is CC(CC1CC1)(Nc1ccc(Cl)c(Br)c1)C(N)=O. The summed E-state index contributed by atoms with van der Waals surface area (Å²) in [5, 5.41) is 3.87. The van der Waals surface area contributed by atoms with E-state index in [0.717, 1.165) is 16.6 Å². The molecule has 3 nitrogen and oxygen atoms in total. The monoisotopic (exact) mass is 330 g/mol. The largest absolute Gasteiger partial charge is 0.371 e. The van der Waals surface area contributed by atoms with E-state index in [4.69, 9.17) is 17.3 Å². The maximum Gasteiger partial charge on any atom is 0.242 e. The maximum atomic E-state index is 11.7. The first kappa shape index (κ1) is 13.7. The molecule has 5 heteroatoms. The van der Waals surface area contributed by atoms with Crippen molar-refractivity contribution in [1.82, 2.24) is 0 Å². The van der Waals surface area contributed by atoms with Gasteiger partial charge in [0, 0.05) is 10.2 Å². The van der Waals surface area contributed by atoms with E-state index in [2.05, 4.69) is 21.2 Å². The lowest BCUT2D eigenvalue weighted by molar-refractivity contribution is -0.122. The molecule has 0 aromatic heterocycles. The standard InChI is InChI=1S/C13H16BrClN2O/c1-13(12(16)18,7-8-2-3-8)17-9-4-5-11(15)10(14)6-9/h4-6,8,17H,2-3,7H2,1H3,(H2,16,18). The zero-order chi connectivity index (χ0) is 13.3. The predicted octanol–water partition coefficient (Wildman–Crippen LogP) is 3.56. The van der Waals surface area contributed by atoms with Crippen LogP contribution in [-0.2, 0) is 4.79 Å². The number of amides is 1. The summed E-state index contributed by atoms with van der Waals surface area (Å²) in [6.07, 6.45) is 3.16. The molecule has 1 aliphatic carbocycles. The first-order valence-corrected chi connectivity index (χ1v) is 7.11. The third kappa shape index (κ3) is 3.18. The van der Waals surface area contributed by atoms with E-state index < -0.39 is 5.54 Å². The number of nitrogens with two attached hydrogens (primary N) is 1. The molecule has 18 heavy (non-hydrogen) atoms. The van der Waals surface area contributed by atoms with Gasteiger partial charge in [-0.05, 0) is 53.4 Å². The summed E-state index contributed by atoms with van der Waals surface area (Å²) in [4.78, 5) is 11.7. The van der Waals surface area contributed by atoms with Crippen molar-refractivity contribution in [3.63, 3.8) is 0 Å². The minimum atomic E-state index is -0.700. The van der Waals surface area contributed by atoms with E-state index in [1.807, 2.05) is 19.1 Å². The van der Waals surface area contributed by atoms with Crippen LogP contribution in [0.15, 0.2) is 22.7 Å². The second kappa shape index (κ2) is 5.10. The van der Waals surface area contributed by atoms with Crippen LogP contribution >= 0.6 is 27.5 Å². The lowest BCUT2D eigenvalue weighted by atomic mass is 9.93. The number of hydrogen-bond donors (Lipinski definition) is 2. The summed E-state index contributed by atoms with van der Waals surface area (Å²) in [6.45, 7) is 1.86. The minimum Gasteiger partial charge on any atom is -0.371 e. The summed E-state index contributed by atoms with van der Waals surface area (Å²) >= 11 is 9.31. The Labute approximate surface area is 120 Å². The van der Waals surface area contributed by atoms with E-state index in [9.17, 15) is 4.79 Å². The van der Waals surface area contributed by atoms with Crippen molar-refractivity contribution in [1.29, 1.82) is 0 Å². The molecule has 1 aromatic rings. The van der Waals surface area contributed by atoms with Gasteiger partial charge in [-0.25, -0.2) is 0 Å². The maximum absolute atomic E-state index is 11.7. The van der Waals surface area contributed by atoms with E-state index in [1.54, 1.807) is 6.07 Å². The van der Waals surface area contributed by atoms with Crippen molar-refractivity contribution in [2.45, 2.75) is 31.7 Å². The lowest BCUT2D eigenvalue weighted by Crippen LogP contribution is -2.48. The molecule has 0 spiro atoms. The van der Waals surface area contributed by atoms with Gasteiger partial charge in [0.15, 0.2) is 0 Å². The van der Waals surface area contributed by atoms with Crippen LogP contribution in [0.1, 0.15) is 26.2 Å². The van der Waals surface area contributed by atoms with Gasteiger partial charge in [0.1, 0.15) is 5.54 Å². The highest BCUT2D eigenvalue weighted by molar-refractivity contribution is 9.10. The Kier molecular flexibility index (Phi) is 3.87. The van der Waals surface area contributed by atoms with Crippen LogP contribution in [0.3, 0.4) is 0 Å². The van der Waals surface area contributed by atoms with Gasteiger partial charge in [-0.2, -0.15) is 0 Å². The Morgan fingerprint density at radius 2 is 2.28 bits per heavy atom. The van der Waals surface area contributed by atoms with Gasteiger partial charge < -0.3 is 11.1 Å². The summed E-state index contributed by atoms with van der Waals surface area (Å²) < 4.78 is 0.799. The molecule has 0 aliphatic heterocycles. The second-order valence-corrected chi connectivity index (χ2v) is 6.36. The molecule has 2 rings (SSSR count). The fraction of sp³-hybridized carbons (Fsp3) is 0.462. The first-order chi connectivity index (χ1) is 8.40. The van der Waals surface area contributed by atoms with Crippen molar-refractivity contribution < 1.29 is 4.79 Å². The number of rotatable bonds is 5. The number of anilines is 1. The van der Waals surface area contributed by atoms with Crippen LogP contribution in [0.4, 0.5) is 5.69 Å². The molecule has 98 valence electrons. The molecule has 1 unspecified atom stereocenters. The minimum absolute atomic E-state index is 0.319. The van der Waals surface area contributed by atoms with Gasteiger partial charge in [0.2, 0.25) is 5.91 Å². The molecule has 1 atom stereocenters. The Morgan fingerprint density at radius 1 is 1.61 bits per heavy atom. The molecule has 0 heterocycles. The van der Waals surface area contributed by atoms with Crippen LogP contribution in [0.25, 0.3) is 0 Å². The molecule has 0 saturated heterocycles. The van der Waals surface area contributed by atoms with Gasteiger partial charge in [-0.3, -0.25) is 4.79 Å². The van der Waals surface area contributed by atoms with Crippen LogP contribution in [0.5, 0.6) is 0 Å². The molecule has 1 amide bonds. The van der Waals surface area contributed by atoms with Gasteiger partial charge in [-0.15, -0.1) is 0 Å². The summed E-state index contributed by atoms with van der Waals surface area (Å²) in [5.74, 6) is 0.297. The molecule has 3 N–H and O–H groups in total. The van der Waals surface area contributed by atoms with E-state index in [-0.39, 0.29) is 5.91 Å². The van der Waals surface area contributed by atoms with Crippen LogP contribution in [0, 0.1) is 5.92 Å². The zero-order valence-electron chi connectivity index (χ0n) is 10.2. The fourth-order valence-corrected chi connectivity index (χ4v) is 2.50. The van der Waals surface area contributed by atoms with Crippen molar-refractivity contribution >= 4 is 39.1 Å². The first-order valence-electron chi connectivity index (χ1n) is 5.94. The smallest absolute Gasteiger partial charge is 0.242 e. The molecule has 0 bridgehead atoms. The molecule has 1 fully saturated rings. The lowest BCUT2D eigenvalue weighted by Gasteiger charge is -2.29. The molecule has 1 aliphatic rings. The number of carbonyl (C=O) groups excluding carboxylic acids is 1. The number of benzene rings is 1. The van der Waals surface area contributed by atoms with E-state index in [1.165, 1.54) is 12.8 Å². The van der Waals surface area contributed by atoms with Crippen LogP contribution in [0.2, 0.25) is 5.02 Å². The third-order valence-electron chi connectivity index (χ3n) is 3.28. The Hall–Kier alpha value is -0.740. The van der Waals surface area contributed by atoms with Gasteiger partial charge in [0.25, 0.3) is 0 Å². The van der Waals surface area contributed by atoms with Gasteiger partial charge in [-0.1, -0.05) is 24.4 Å². The molecular weight excluding hydrogens is 316 g/mol. The van der Waals surface area contributed by atoms with Crippen molar-refractivity contribution in [3.8, 4) is 0 Å². The second-order valence-electron chi connectivity index (χ2n) is 5.10. The van der Waals surface area contributed by atoms with Crippen molar-refractivity contribution in [2.75, 3.05) is 5.32 Å². The number of carbonyl (C=O) groups is 1. The quantitative estimate of drug-likeness (QED) is 0.867. The molecule has 1 saturated carbocycles. The highest BCUT2D eigenvalue weighted by Crippen LogP contribution is 2.38. The Morgan fingerprint density at radius 3 is 2.78 bits per heavy atom. The number of halogens is 2. The average molecular weight is 332 g/mol. The van der Waals surface area contributed by atoms with Crippen LogP contribution < -0.4 is 11.1 Å². The van der Waals surface area contributed by atoms with Gasteiger partial charge >= 0.3 is 0 Å². The number of primary amides is 1. The van der Waals surface area contributed by atoms with Gasteiger partial charge in [0.05, 0.1) is 5.02 Å². The van der Waals surface area contributed by atoms with Crippen molar-refractivity contribution in [3.05, 3.63) is 27.7 Å². The highest BCUT2D eigenvalue weighted by Gasteiger charge is 2.37. The zero-order valence-corrected chi connectivity index (χ0v) is 12.5. The normalized spacial score (nSPS) is 18.2. The topological polar surface area (TPSA) is 55.1 Å². The summed E-state index contributed by atoms with van der Waals surface area (Å²) in [6, 6.07) is 5.49. The summed E-state index contributed by atoms with van der Waals surface area (Å²) in [7, 11) is 0. The summed E-state index contributed by atoms with van der Waals surface area (Å²) in [5.41, 5.74) is 5.66. The van der Waals surface area contributed by atoms with Crippen LogP contribution in [-0.4, -0.2) is 11.4 Å². The number of hydrogen-bond acceptors (Lipinski definition) is 2. The van der Waals surface area contributed by atoms with E-state index >= 15 is 0 Å².